The van der Waals surface area contributed by atoms with Crippen molar-refractivity contribution < 1.29 is 32.0 Å². The average molecular weight is 502 g/mol. The third kappa shape index (κ3) is 5.06. The van der Waals surface area contributed by atoms with E-state index in [1.54, 1.807) is 69.3 Å². The fourth-order valence-electron chi connectivity index (χ4n) is 3.56. The zero-order chi connectivity index (χ0) is 24.7. The van der Waals surface area contributed by atoms with Gasteiger partial charge in [0.05, 0.1) is 6.07 Å². The van der Waals surface area contributed by atoms with E-state index in [-0.39, 0.29) is 4.90 Å². The van der Waals surface area contributed by atoms with Crippen LogP contribution >= 0.6 is 11.6 Å². The molecule has 1 aliphatic carbocycles. The summed E-state index contributed by atoms with van der Waals surface area (Å²) in [6, 6.07) is 16.2. The normalized spacial score (nSPS) is 12.8. The van der Waals surface area contributed by atoms with Gasteiger partial charge in [-0.25, -0.2) is 4.79 Å². The molecule has 34 heavy (non-hydrogen) atoms. The van der Waals surface area contributed by atoms with Crippen molar-refractivity contribution in [2.45, 2.75) is 31.3 Å². The highest BCUT2D eigenvalue weighted by atomic mass is 35.5. The molecule has 3 N–H and O–H groups in total. The molecule has 0 spiro atoms. The number of carbonyl (C=O) groups is 1. The van der Waals surface area contributed by atoms with Crippen LogP contribution in [-0.2, 0) is 14.9 Å². The van der Waals surface area contributed by atoms with Gasteiger partial charge in [-0.1, -0.05) is 35.2 Å². The molecule has 0 fully saturated rings. The molecule has 0 bridgehead atoms. The van der Waals surface area contributed by atoms with E-state index in [0.29, 0.717) is 43.8 Å². The lowest BCUT2D eigenvalue weighted by Crippen LogP contribution is -2.87. The molecule has 2 aromatic rings. The molecule has 0 saturated carbocycles. The van der Waals surface area contributed by atoms with Crippen LogP contribution in [0.2, 0.25) is 5.02 Å². The van der Waals surface area contributed by atoms with Crippen LogP contribution in [0, 0.1) is 0 Å². The van der Waals surface area contributed by atoms with Crippen molar-refractivity contribution in [3.05, 3.63) is 71.0 Å². The van der Waals surface area contributed by atoms with Gasteiger partial charge in [0.15, 0.2) is 0 Å². The fourth-order valence-corrected chi connectivity index (χ4v) is 4.42. The Morgan fingerprint density at radius 2 is 1.79 bits per heavy atom. The summed E-state index contributed by atoms with van der Waals surface area (Å²) < 4.78 is 45.3. The molecule has 2 aliphatic rings. The minimum atomic E-state index is -4.50. The monoisotopic (exact) mass is 501 g/mol. The van der Waals surface area contributed by atoms with E-state index in [1.165, 1.54) is 12.1 Å². The maximum atomic E-state index is 12.1. The first-order valence-electron chi connectivity index (χ1n) is 10.2. The molecule has 10 heteroatoms. The van der Waals surface area contributed by atoms with Gasteiger partial charge in [-0.2, -0.15) is 8.42 Å². The molecule has 8 nitrogen and oxygen atoms in total. The van der Waals surface area contributed by atoms with Crippen molar-refractivity contribution in [1.82, 2.24) is 5.43 Å². The highest BCUT2D eigenvalue weighted by Gasteiger charge is 2.24. The van der Waals surface area contributed by atoms with Crippen LogP contribution in [0.25, 0.3) is 33.4 Å². The van der Waals surface area contributed by atoms with Crippen LogP contribution < -0.4 is 15.9 Å². The number of rotatable bonds is 3. The summed E-state index contributed by atoms with van der Waals surface area (Å²) in [6.45, 7) is 5.26. The third-order valence-corrected chi connectivity index (χ3v) is 5.97. The first-order valence-corrected chi connectivity index (χ1v) is 12.1. The minimum Gasteiger partial charge on any atom is -0.456 e. The quantitative estimate of drug-likeness (QED) is 0.224. The molecule has 1 aliphatic heterocycles. The van der Waals surface area contributed by atoms with Crippen molar-refractivity contribution in [2.24, 2.45) is 0 Å². The molecular formula is C24H22ClN2O6S+. The van der Waals surface area contributed by atoms with Crippen molar-refractivity contribution >= 4 is 38.8 Å². The van der Waals surface area contributed by atoms with Gasteiger partial charge in [0.2, 0.25) is 5.36 Å². The Bertz CT molecular complexity index is 1550. The van der Waals surface area contributed by atoms with Gasteiger partial charge in [-0.3, -0.25) is 4.55 Å². The second-order valence-electron chi connectivity index (χ2n) is 8.55. The summed E-state index contributed by atoms with van der Waals surface area (Å²) in [6.07, 6.45) is -0.655. The standard InChI is InChI=1S/C24H21ClN2O6S/c1-24(2,3)33-23(28)27-26-15-9-11-17-20(13-15)32-19-12-14(25)8-10-16(19)22(17)18-6-4-5-7-21(18)34(29,30)31/h4-13H,1-3H3,(H,27,28)(H,29,30,31)/p+1. The van der Waals surface area contributed by atoms with Crippen LogP contribution in [0.15, 0.2) is 70.0 Å². The topological polar surface area (TPSA) is 120 Å². The van der Waals surface area contributed by atoms with Crippen molar-refractivity contribution in [3.63, 3.8) is 0 Å². The number of halogens is 1. The van der Waals surface area contributed by atoms with E-state index in [4.69, 9.17) is 20.8 Å². The summed E-state index contributed by atoms with van der Waals surface area (Å²) >= 11 is 6.17. The molecule has 2 aromatic carbocycles. The molecule has 1 amide bonds. The van der Waals surface area contributed by atoms with Gasteiger partial charge in [0, 0.05) is 39.2 Å². The van der Waals surface area contributed by atoms with Crippen LogP contribution in [0.5, 0.6) is 0 Å². The molecule has 1 heterocycles. The maximum Gasteiger partial charge on any atom is 0.461 e. The number of nitrogens with one attached hydrogen (secondary N) is 2. The number of hydrazine groups is 1. The number of fused-ring (bicyclic) bond motifs is 2. The van der Waals surface area contributed by atoms with Gasteiger partial charge in [0.25, 0.3) is 10.1 Å². The summed E-state index contributed by atoms with van der Waals surface area (Å²) in [5.41, 5.74) is 3.67. The highest BCUT2D eigenvalue weighted by Crippen LogP contribution is 2.42. The Morgan fingerprint density at radius 3 is 2.50 bits per heavy atom. The van der Waals surface area contributed by atoms with E-state index in [2.05, 4.69) is 10.5 Å². The molecule has 0 atom stereocenters. The maximum absolute atomic E-state index is 12.1. The average Bonchev–Trinajstić information content (AvgIpc) is 2.74. The van der Waals surface area contributed by atoms with Gasteiger partial charge in [-0.15, -0.1) is 5.10 Å². The minimum absolute atomic E-state index is 0.229. The van der Waals surface area contributed by atoms with Gasteiger partial charge < -0.3 is 9.15 Å². The Kier molecular flexibility index (Phi) is 6.11. The number of benzene rings is 3. The fraction of sp³-hybridized carbons (Fsp3) is 0.167. The summed E-state index contributed by atoms with van der Waals surface area (Å²) in [5, 5.41) is 4.31. The number of carbonyl (C=O) groups excluding carboxylic acids is 1. The van der Waals surface area contributed by atoms with Crippen LogP contribution in [0.3, 0.4) is 0 Å². The summed E-state index contributed by atoms with van der Waals surface area (Å²) in [5.74, 6) is 0.394. The van der Waals surface area contributed by atoms with Crippen molar-refractivity contribution in [1.29, 1.82) is 0 Å². The number of ether oxygens (including phenoxy) is 1. The van der Waals surface area contributed by atoms with E-state index >= 15 is 0 Å². The van der Waals surface area contributed by atoms with E-state index in [1.807, 2.05) is 0 Å². The van der Waals surface area contributed by atoms with E-state index in [0.717, 1.165) is 0 Å². The lowest BCUT2D eigenvalue weighted by Gasteiger charge is -2.17. The molecule has 0 aromatic heterocycles. The van der Waals surface area contributed by atoms with Gasteiger partial charge >= 0.3 is 6.09 Å². The van der Waals surface area contributed by atoms with Crippen LogP contribution in [0.4, 0.5) is 4.79 Å². The Morgan fingerprint density at radius 1 is 1.06 bits per heavy atom. The SMILES string of the molecule is CC(C)(C)OC(=O)N[NH+]=c1ccc2c(-c3ccccc3S(=O)(=O)O)c3ccc(Cl)cc3oc-2c1. The van der Waals surface area contributed by atoms with E-state index < -0.39 is 21.8 Å². The third-order valence-electron chi connectivity index (χ3n) is 4.83. The molecule has 0 saturated heterocycles. The van der Waals surface area contributed by atoms with Crippen molar-refractivity contribution in [2.75, 3.05) is 0 Å². The molecule has 4 rings (SSSR count). The smallest absolute Gasteiger partial charge is 0.456 e. The van der Waals surface area contributed by atoms with Crippen molar-refractivity contribution in [3.8, 4) is 22.5 Å². The first kappa shape index (κ1) is 23.7. The molecule has 0 unspecified atom stereocenters. The Labute approximate surface area is 200 Å². The van der Waals surface area contributed by atoms with Crippen LogP contribution in [0.1, 0.15) is 20.8 Å². The lowest BCUT2D eigenvalue weighted by molar-refractivity contribution is -0.552. The number of hydrogen-bond donors (Lipinski definition) is 3. The number of amides is 1. The second-order valence-corrected chi connectivity index (χ2v) is 10.4. The summed E-state index contributed by atoms with van der Waals surface area (Å²) in [7, 11) is -4.50. The Balaban J connectivity index is 1.95. The Hall–Kier alpha value is -3.40. The zero-order valence-corrected chi connectivity index (χ0v) is 20.1. The second kappa shape index (κ2) is 8.75. The first-order chi connectivity index (χ1) is 15.9. The predicted octanol–water partition coefficient (Wildman–Crippen LogP) is 3.53. The molecule has 176 valence electrons. The molecule has 0 radical (unpaired) electrons. The summed E-state index contributed by atoms with van der Waals surface area (Å²) in [4.78, 5) is 11.7. The predicted molar refractivity (Wildman–Crippen MR) is 127 cm³/mol. The van der Waals surface area contributed by atoms with Crippen LogP contribution in [-0.4, -0.2) is 24.7 Å². The zero-order valence-electron chi connectivity index (χ0n) is 18.5. The number of hydrogen-bond acceptors (Lipinski definition) is 5. The largest absolute Gasteiger partial charge is 0.461 e. The van der Waals surface area contributed by atoms with Gasteiger partial charge in [0.1, 0.15) is 21.8 Å². The highest BCUT2D eigenvalue weighted by molar-refractivity contribution is 7.86. The lowest BCUT2D eigenvalue weighted by atomic mass is 9.94. The molecular weight excluding hydrogens is 480 g/mol. The van der Waals surface area contributed by atoms with E-state index in [9.17, 15) is 17.8 Å². The van der Waals surface area contributed by atoms with Gasteiger partial charge in [-0.05, 0) is 45.0 Å².